The molecule has 18 heavy (non-hydrogen) atoms. The van der Waals surface area contributed by atoms with Crippen molar-refractivity contribution in [2.75, 3.05) is 13.2 Å². The van der Waals surface area contributed by atoms with Crippen LogP contribution in [0.25, 0.3) is 11.4 Å². The molecule has 5 nitrogen and oxygen atoms in total. The molecule has 3 rings (SSSR count). The van der Waals surface area contributed by atoms with Crippen molar-refractivity contribution < 1.29 is 9.47 Å². The Balaban J connectivity index is 2.04. The molecule has 1 aromatic carbocycles. The van der Waals surface area contributed by atoms with Gasteiger partial charge in [-0.05, 0) is 18.2 Å². The van der Waals surface area contributed by atoms with Crippen molar-refractivity contribution in [3.8, 4) is 29.0 Å². The highest BCUT2D eigenvalue weighted by Gasteiger charge is 2.15. The van der Waals surface area contributed by atoms with Crippen LogP contribution in [0.1, 0.15) is 5.69 Å². The number of hydrogen-bond acceptors (Lipinski definition) is 4. The summed E-state index contributed by atoms with van der Waals surface area (Å²) in [7, 11) is 0. The van der Waals surface area contributed by atoms with Crippen LogP contribution >= 0.6 is 11.6 Å². The molecule has 0 unspecified atom stereocenters. The number of nitrogens with one attached hydrogen (secondary N) is 1. The van der Waals surface area contributed by atoms with Crippen molar-refractivity contribution in [1.82, 2.24) is 9.97 Å². The Morgan fingerprint density at radius 1 is 1.28 bits per heavy atom. The van der Waals surface area contributed by atoms with Crippen LogP contribution in [0, 0.1) is 11.3 Å². The van der Waals surface area contributed by atoms with Crippen LogP contribution in [0.2, 0.25) is 5.15 Å². The first-order valence-corrected chi connectivity index (χ1v) is 5.71. The van der Waals surface area contributed by atoms with Crippen LogP contribution < -0.4 is 9.47 Å². The SMILES string of the molecule is N#Cc1nc(-c2ccc3c(c2)OCCO3)[nH]c1Cl. The van der Waals surface area contributed by atoms with Crippen molar-refractivity contribution in [3.63, 3.8) is 0 Å². The van der Waals surface area contributed by atoms with Gasteiger partial charge in [0.1, 0.15) is 30.3 Å². The van der Waals surface area contributed by atoms with Crippen LogP contribution in [0.5, 0.6) is 11.5 Å². The molecule has 1 aliphatic rings. The molecule has 90 valence electrons. The van der Waals surface area contributed by atoms with Gasteiger partial charge in [-0.1, -0.05) is 11.6 Å². The Morgan fingerprint density at radius 2 is 2.06 bits per heavy atom. The van der Waals surface area contributed by atoms with E-state index >= 15 is 0 Å². The summed E-state index contributed by atoms with van der Waals surface area (Å²) in [4.78, 5) is 6.96. The number of benzene rings is 1. The Hall–Kier alpha value is -2.19. The summed E-state index contributed by atoms with van der Waals surface area (Å²) in [6, 6.07) is 7.38. The third-order valence-electron chi connectivity index (χ3n) is 2.58. The monoisotopic (exact) mass is 261 g/mol. The zero-order valence-electron chi connectivity index (χ0n) is 9.24. The summed E-state index contributed by atoms with van der Waals surface area (Å²) in [6.07, 6.45) is 0. The molecule has 1 aliphatic heterocycles. The lowest BCUT2D eigenvalue weighted by Gasteiger charge is -2.18. The van der Waals surface area contributed by atoms with Gasteiger partial charge in [0.05, 0.1) is 0 Å². The Labute approximate surface area is 108 Å². The number of ether oxygens (including phenoxy) is 2. The largest absolute Gasteiger partial charge is 0.486 e. The standard InChI is InChI=1S/C12H8ClN3O2/c13-11-8(6-14)15-12(16-11)7-1-2-9-10(5-7)18-4-3-17-9/h1-2,5H,3-4H2,(H,15,16). The number of aromatic nitrogens is 2. The predicted molar refractivity (Wildman–Crippen MR) is 64.7 cm³/mol. The van der Waals surface area contributed by atoms with Gasteiger partial charge in [-0.2, -0.15) is 5.26 Å². The number of aromatic amines is 1. The number of fused-ring (bicyclic) bond motifs is 1. The smallest absolute Gasteiger partial charge is 0.178 e. The normalized spacial score (nSPS) is 13.1. The molecule has 0 bridgehead atoms. The van der Waals surface area contributed by atoms with Crippen LogP contribution in [-0.4, -0.2) is 23.2 Å². The second-order valence-corrected chi connectivity index (χ2v) is 4.10. The minimum Gasteiger partial charge on any atom is -0.486 e. The van der Waals surface area contributed by atoms with Gasteiger partial charge in [-0.3, -0.25) is 0 Å². The van der Waals surface area contributed by atoms with E-state index in [0.29, 0.717) is 30.5 Å². The highest BCUT2D eigenvalue weighted by Crippen LogP contribution is 2.34. The van der Waals surface area contributed by atoms with Gasteiger partial charge in [0.2, 0.25) is 0 Å². The van der Waals surface area contributed by atoms with Gasteiger partial charge in [-0.25, -0.2) is 4.98 Å². The summed E-state index contributed by atoms with van der Waals surface area (Å²) < 4.78 is 10.9. The van der Waals surface area contributed by atoms with Gasteiger partial charge >= 0.3 is 0 Å². The van der Waals surface area contributed by atoms with Crippen LogP contribution in [0.3, 0.4) is 0 Å². The lowest BCUT2D eigenvalue weighted by molar-refractivity contribution is 0.171. The van der Waals surface area contributed by atoms with E-state index in [2.05, 4.69) is 9.97 Å². The Morgan fingerprint density at radius 3 is 2.78 bits per heavy atom. The number of nitrogens with zero attached hydrogens (tertiary/aromatic N) is 2. The molecule has 0 saturated carbocycles. The van der Waals surface area contributed by atoms with E-state index in [1.807, 2.05) is 24.3 Å². The van der Waals surface area contributed by atoms with E-state index in [1.165, 1.54) is 0 Å². The lowest BCUT2D eigenvalue weighted by Crippen LogP contribution is -2.15. The van der Waals surface area contributed by atoms with Crippen molar-refractivity contribution >= 4 is 11.6 Å². The van der Waals surface area contributed by atoms with Gasteiger partial charge in [0.25, 0.3) is 0 Å². The molecule has 2 heterocycles. The quantitative estimate of drug-likeness (QED) is 0.855. The minimum atomic E-state index is 0.182. The number of imidazole rings is 1. The van der Waals surface area contributed by atoms with E-state index in [4.69, 9.17) is 26.3 Å². The Bertz CT molecular complexity index is 645. The third kappa shape index (κ3) is 1.77. The fourth-order valence-electron chi connectivity index (χ4n) is 1.75. The van der Waals surface area contributed by atoms with E-state index < -0.39 is 0 Å². The predicted octanol–water partition coefficient (Wildman–Crippen LogP) is 2.37. The number of rotatable bonds is 1. The van der Waals surface area contributed by atoms with Crippen molar-refractivity contribution in [1.29, 1.82) is 5.26 Å². The molecular weight excluding hydrogens is 254 g/mol. The van der Waals surface area contributed by atoms with Gasteiger partial charge in [0.15, 0.2) is 17.2 Å². The molecule has 0 saturated heterocycles. The van der Waals surface area contributed by atoms with Crippen molar-refractivity contribution in [2.24, 2.45) is 0 Å². The molecule has 0 aliphatic carbocycles. The fraction of sp³-hybridized carbons (Fsp3) is 0.167. The second-order valence-electron chi connectivity index (χ2n) is 3.72. The molecule has 0 amide bonds. The van der Waals surface area contributed by atoms with Crippen LogP contribution in [0.4, 0.5) is 0 Å². The van der Waals surface area contributed by atoms with Gasteiger partial charge in [-0.15, -0.1) is 0 Å². The number of hydrogen-bond donors (Lipinski definition) is 1. The number of nitriles is 1. The highest BCUT2D eigenvalue weighted by molar-refractivity contribution is 6.30. The summed E-state index contributed by atoms with van der Waals surface area (Å²) in [6.45, 7) is 1.08. The molecule has 0 atom stereocenters. The first kappa shape index (κ1) is 10.9. The van der Waals surface area contributed by atoms with Crippen LogP contribution in [0.15, 0.2) is 18.2 Å². The average Bonchev–Trinajstić information content (AvgIpc) is 2.79. The molecule has 0 radical (unpaired) electrons. The Kier molecular flexibility index (Phi) is 2.58. The van der Waals surface area contributed by atoms with E-state index in [0.717, 1.165) is 5.56 Å². The van der Waals surface area contributed by atoms with Gasteiger partial charge < -0.3 is 14.5 Å². The molecule has 2 aromatic rings. The highest BCUT2D eigenvalue weighted by atomic mass is 35.5. The summed E-state index contributed by atoms with van der Waals surface area (Å²) in [5.74, 6) is 1.92. The van der Waals surface area contributed by atoms with Crippen LogP contribution in [-0.2, 0) is 0 Å². The lowest BCUT2D eigenvalue weighted by atomic mass is 10.2. The average molecular weight is 262 g/mol. The number of halogens is 1. The van der Waals surface area contributed by atoms with E-state index in [9.17, 15) is 0 Å². The molecule has 6 heteroatoms. The summed E-state index contributed by atoms with van der Waals surface area (Å²) in [5, 5.41) is 9.05. The first-order chi connectivity index (χ1) is 8.78. The fourth-order valence-corrected chi connectivity index (χ4v) is 1.93. The maximum atomic E-state index is 8.81. The summed E-state index contributed by atoms with van der Waals surface area (Å²) in [5.41, 5.74) is 0.976. The van der Waals surface area contributed by atoms with E-state index in [-0.39, 0.29) is 10.8 Å². The van der Waals surface area contributed by atoms with E-state index in [1.54, 1.807) is 0 Å². The number of H-pyrrole nitrogens is 1. The van der Waals surface area contributed by atoms with Crippen molar-refractivity contribution in [3.05, 3.63) is 29.0 Å². The molecular formula is C12H8ClN3O2. The van der Waals surface area contributed by atoms with Crippen molar-refractivity contribution in [2.45, 2.75) is 0 Å². The van der Waals surface area contributed by atoms with Gasteiger partial charge in [0, 0.05) is 5.56 Å². The third-order valence-corrected chi connectivity index (χ3v) is 2.85. The minimum absolute atomic E-state index is 0.182. The maximum Gasteiger partial charge on any atom is 0.178 e. The molecule has 1 aromatic heterocycles. The zero-order chi connectivity index (χ0) is 12.5. The molecule has 1 N–H and O–H groups in total. The second kappa shape index (κ2) is 4.24. The maximum absolute atomic E-state index is 8.81. The first-order valence-electron chi connectivity index (χ1n) is 5.33. The topological polar surface area (TPSA) is 70.9 Å². The molecule has 0 fully saturated rings. The molecule has 0 spiro atoms. The zero-order valence-corrected chi connectivity index (χ0v) is 9.99. The summed E-state index contributed by atoms with van der Waals surface area (Å²) >= 11 is 5.84.